The summed E-state index contributed by atoms with van der Waals surface area (Å²) in [5.74, 6) is 1.36. The van der Waals surface area contributed by atoms with Crippen molar-refractivity contribution in [3.8, 4) is 0 Å². The predicted molar refractivity (Wildman–Crippen MR) is 105 cm³/mol. The Morgan fingerprint density at radius 2 is 2.08 bits per heavy atom. The number of benzene rings is 1. The molecule has 144 valence electrons. The summed E-state index contributed by atoms with van der Waals surface area (Å²) in [4.78, 5) is 21.1. The summed E-state index contributed by atoms with van der Waals surface area (Å²) in [6.07, 6.45) is 1.09. The van der Waals surface area contributed by atoms with Crippen LogP contribution in [0.5, 0.6) is 0 Å². The summed E-state index contributed by atoms with van der Waals surface area (Å²) in [5, 5.41) is 3.28. The monoisotopic (exact) mass is 360 g/mol. The topological polar surface area (TPSA) is 57.2 Å². The molecule has 1 aliphatic rings. The lowest BCUT2D eigenvalue weighted by Crippen LogP contribution is -2.42. The number of amides is 1. The van der Waals surface area contributed by atoms with E-state index >= 15 is 0 Å². The summed E-state index contributed by atoms with van der Waals surface area (Å²) >= 11 is 0. The van der Waals surface area contributed by atoms with Crippen molar-refractivity contribution in [2.45, 2.75) is 26.8 Å². The van der Waals surface area contributed by atoms with Gasteiger partial charge in [0.1, 0.15) is 6.54 Å². The third-order valence-electron chi connectivity index (χ3n) is 4.57. The van der Waals surface area contributed by atoms with Gasteiger partial charge >= 0.3 is 0 Å². The Morgan fingerprint density at radius 3 is 2.69 bits per heavy atom. The van der Waals surface area contributed by atoms with Gasteiger partial charge in [0, 0.05) is 45.8 Å². The van der Waals surface area contributed by atoms with Crippen LogP contribution in [-0.2, 0) is 16.1 Å². The average Bonchev–Trinajstić information content (AvgIpc) is 3.16. The van der Waals surface area contributed by atoms with Gasteiger partial charge < -0.3 is 19.9 Å². The smallest absolute Gasteiger partial charge is 0.244 e. The minimum atomic E-state index is 0.0457. The quantitative estimate of drug-likeness (QED) is 0.569. The van der Waals surface area contributed by atoms with E-state index in [1.54, 1.807) is 0 Å². The van der Waals surface area contributed by atoms with Crippen molar-refractivity contribution >= 4 is 11.9 Å². The van der Waals surface area contributed by atoms with Gasteiger partial charge in [0.2, 0.25) is 5.91 Å². The van der Waals surface area contributed by atoms with E-state index in [4.69, 9.17) is 4.74 Å². The maximum absolute atomic E-state index is 12.6. The number of ether oxygens (including phenoxy) is 1. The lowest BCUT2D eigenvalue weighted by atomic mass is 10.1. The van der Waals surface area contributed by atoms with Crippen LogP contribution in [0.4, 0.5) is 0 Å². The highest BCUT2D eigenvalue weighted by atomic mass is 16.5. The molecule has 1 unspecified atom stereocenters. The van der Waals surface area contributed by atoms with E-state index in [2.05, 4.69) is 15.2 Å². The van der Waals surface area contributed by atoms with Gasteiger partial charge in [-0.2, -0.15) is 0 Å². The number of hydrogen-bond donors (Lipinski definition) is 1. The average molecular weight is 361 g/mol. The van der Waals surface area contributed by atoms with E-state index in [1.807, 2.05) is 56.1 Å². The van der Waals surface area contributed by atoms with E-state index in [1.165, 1.54) is 0 Å². The van der Waals surface area contributed by atoms with E-state index in [0.717, 1.165) is 44.2 Å². The third kappa shape index (κ3) is 6.33. The van der Waals surface area contributed by atoms with Crippen molar-refractivity contribution in [3.63, 3.8) is 0 Å². The number of rotatable bonds is 8. The summed E-state index contributed by atoms with van der Waals surface area (Å²) in [6, 6.07) is 10.1. The fourth-order valence-electron chi connectivity index (χ4n) is 3.09. The lowest BCUT2D eigenvalue weighted by Gasteiger charge is -2.25. The second-order valence-electron chi connectivity index (χ2n) is 6.67. The van der Waals surface area contributed by atoms with Crippen LogP contribution >= 0.6 is 0 Å². The largest absolute Gasteiger partial charge is 0.381 e. The van der Waals surface area contributed by atoms with Crippen molar-refractivity contribution in [2.24, 2.45) is 10.9 Å². The van der Waals surface area contributed by atoms with Crippen molar-refractivity contribution in [2.75, 3.05) is 46.4 Å². The Morgan fingerprint density at radius 1 is 1.31 bits per heavy atom. The number of hydrogen-bond acceptors (Lipinski definition) is 3. The van der Waals surface area contributed by atoms with E-state index < -0.39 is 0 Å². The standard InChI is InChI=1S/C20H32N4O2/c1-4-21-20(23(3)14-18-11-12-26-16-18)22-13-19(25)24(5-2)15-17-9-7-6-8-10-17/h6-10,18H,4-5,11-16H2,1-3H3,(H,21,22). The number of likely N-dealkylation sites (N-methyl/N-ethyl adjacent to an activating group) is 1. The molecule has 1 aromatic carbocycles. The van der Waals surface area contributed by atoms with Gasteiger partial charge in [0.25, 0.3) is 0 Å². The highest BCUT2D eigenvalue weighted by Gasteiger charge is 2.19. The molecular weight excluding hydrogens is 328 g/mol. The Bertz CT molecular complexity index is 570. The second kappa shape index (κ2) is 10.8. The van der Waals surface area contributed by atoms with Gasteiger partial charge in [-0.15, -0.1) is 0 Å². The third-order valence-corrected chi connectivity index (χ3v) is 4.57. The molecule has 1 N–H and O–H groups in total. The maximum atomic E-state index is 12.6. The first kappa shape index (κ1) is 20.2. The minimum absolute atomic E-state index is 0.0457. The Labute approximate surface area is 157 Å². The van der Waals surface area contributed by atoms with Crippen molar-refractivity contribution < 1.29 is 9.53 Å². The van der Waals surface area contributed by atoms with Crippen LogP contribution in [0.15, 0.2) is 35.3 Å². The summed E-state index contributed by atoms with van der Waals surface area (Å²) < 4.78 is 5.45. The van der Waals surface area contributed by atoms with Crippen molar-refractivity contribution in [1.29, 1.82) is 0 Å². The molecule has 1 atom stereocenters. The van der Waals surface area contributed by atoms with E-state index in [9.17, 15) is 4.79 Å². The molecule has 0 aromatic heterocycles. The van der Waals surface area contributed by atoms with Gasteiger partial charge in [-0.1, -0.05) is 30.3 Å². The zero-order valence-corrected chi connectivity index (χ0v) is 16.3. The number of carbonyl (C=O) groups excluding carboxylic acids is 1. The maximum Gasteiger partial charge on any atom is 0.244 e. The molecule has 1 amide bonds. The molecule has 1 aliphatic heterocycles. The van der Waals surface area contributed by atoms with Crippen LogP contribution in [0.25, 0.3) is 0 Å². The summed E-state index contributed by atoms with van der Waals surface area (Å²) in [7, 11) is 2.02. The van der Waals surface area contributed by atoms with Gasteiger partial charge in [0.15, 0.2) is 5.96 Å². The molecule has 0 spiro atoms. The highest BCUT2D eigenvalue weighted by molar-refractivity contribution is 5.84. The van der Waals surface area contributed by atoms with Crippen LogP contribution in [0.2, 0.25) is 0 Å². The molecule has 1 heterocycles. The van der Waals surface area contributed by atoms with Crippen LogP contribution in [0.3, 0.4) is 0 Å². The fraction of sp³-hybridized carbons (Fsp3) is 0.600. The van der Waals surface area contributed by atoms with Gasteiger partial charge in [-0.3, -0.25) is 4.79 Å². The predicted octanol–water partition coefficient (Wildman–Crippen LogP) is 1.97. The van der Waals surface area contributed by atoms with Crippen LogP contribution < -0.4 is 5.32 Å². The minimum Gasteiger partial charge on any atom is -0.381 e. The van der Waals surface area contributed by atoms with Crippen LogP contribution in [0, 0.1) is 5.92 Å². The zero-order chi connectivity index (χ0) is 18.8. The van der Waals surface area contributed by atoms with Gasteiger partial charge in [-0.25, -0.2) is 4.99 Å². The number of nitrogens with zero attached hydrogens (tertiary/aromatic N) is 3. The first-order chi connectivity index (χ1) is 12.6. The first-order valence-electron chi connectivity index (χ1n) is 9.52. The molecular formula is C20H32N4O2. The Kier molecular flexibility index (Phi) is 8.41. The van der Waals surface area contributed by atoms with E-state index in [-0.39, 0.29) is 12.5 Å². The SMILES string of the molecule is CCNC(=NCC(=O)N(CC)Cc1ccccc1)N(C)CC1CCOC1. The molecule has 0 saturated carbocycles. The van der Waals surface area contributed by atoms with E-state index in [0.29, 0.717) is 19.0 Å². The first-order valence-corrected chi connectivity index (χ1v) is 9.52. The molecule has 1 fully saturated rings. The number of aliphatic imine (C=N–C) groups is 1. The molecule has 6 heteroatoms. The summed E-state index contributed by atoms with van der Waals surface area (Å²) in [6.45, 7) is 8.82. The number of carbonyl (C=O) groups is 1. The zero-order valence-electron chi connectivity index (χ0n) is 16.3. The van der Waals surface area contributed by atoms with Gasteiger partial charge in [-0.05, 0) is 25.8 Å². The van der Waals surface area contributed by atoms with Crippen molar-refractivity contribution in [3.05, 3.63) is 35.9 Å². The molecule has 1 aromatic rings. The van der Waals surface area contributed by atoms with Crippen LogP contribution in [0.1, 0.15) is 25.8 Å². The number of guanidine groups is 1. The van der Waals surface area contributed by atoms with Crippen molar-refractivity contribution in [1.82, 2.24) is 15.1 Å². The number of nitrogens with one attached hydrogen (secondary N) is 1. The van der Waals surface area contributed by atoms with Gasteiger partial charge in [0.05, 0.1) is 6.61 Å². The lowest BCUT2D eigenvalue weighted by molar-refractivity contribution is -0.130. The molecule has 0 radical (unpaired) electrons. The molecule has 6 nitrogen and oxygen atoms in total. The molecule has 26 heavy (non-hydrogen) atoms. The second-order valence-corrected chi connectivity index (χ2v) is 6.67. The summed E-state index contributed by atoms with van der Waals surface area (Å²) in [5.41, 5.74) is 1.14. The molecule has 2 rings (SSSR count). The molecule has 1 saturated heterocycles. The Hall–Kier alpha value is -2.08. The Balaban J connectivity index is 1.93. The van der Waals surface area contributed by atoms with Crippen LogP contribution in [-0.4, -0.2) is 68.1 Å². The normalized spacial score (nSPS) is 17.2. The molecule has 0 bridgehead atoms. The fourth-order valence-corrected chi connectivity index (χ4v) is 3.09. The molecule has 0 aliphatic carbocycles. The highest BCUT2D eigenvalue weighted by Crippen LogP contribution is 2.13.